The summed E-state index contributed by atoms with van der Waals surface area (Å²) in [5.41, 5.74) is 4.05. The smallest absolute Gasteiger partial charge is 0.0492 e. The predicted octanol–water partition coefficient (Wildman–Crippen LogP) is 2.95. The van der Waals surface area contributed by atoms with Crippen molar-refractivity contribution in [2.75, 3.05) is 6.54 Å². The first-order valence-corrected chi connectivity index (χ1v) is 7.40. The molecule has 0 unspecified atom stereocenters. The summed E-state index contributed by atoms with van der Waals surface area (Å²) in [6.45, 7) is 6.43. The Morgan fingerprint density at radius 3 is 2.40 bits per heavy atom. The van der Waals surface area contributed by atoms with Crippen molar-refractivity contribution in [3.8, 4) is 0 Å². The molecular formula is C17H25N3. The van der Waals surface area contributed by atoms with E-state index in [1.807, 2.05) is 17.9 Å². The number of aromatic nitrogens is 2. The van der Waals surface area contributed by atoms with Gasteiger partial charge < -0.3 is 5.32 Å². The van der Waals surface area contributed by atoms with E-state index in [4.69, 9.17) is 0 Å². The van der Waals surface area contributed by atoms with Crippen molar-refractivity contribution in [1.82, 2.24) is 15.1 Å². The summed E-state index contributed by atoms with van der Waals surface area (Å²) >= 11 is 0. The highest BCUT2D eigenvalue weighted by atomic mass is 15.3. The van der Waals surface area contributed by atoms with Crippen LogP contribution in [0.15, 0.2) is 36.5 Å². The monoisotopic (exact) mass is 271 g/mol. The quantitative estimate of drug-likeness (QED) is 0.785. The molecule has 1 aromatic carbocycles. The number of nitrogens with zero attached hydrogens (tertiary/aromatic N) is 2. The fourth-order valence-electron chi connectivity index (χ4n) is 2.36. The van der Waals surface area contributed by atoms with Crippen molar-refractivity contribution in [3.63, 3.8) is 0 Å². The number of hydrogen-bond acceptors (Lipinski definition) is 2. The molecule has 0 radical (unpaired) electrons. The number of hydrogen-bond donors (Lipinski definition) is 1. The average molecular weight is 271 g/mol. The zero-order chi connectivity index (χ0) is 14.4. The van der Waals surface area contributed by atoms with Crippen LogP contribution in [-0.4, -0.2) is 16.3 Å². The molecule has 0 spiro atoms. The molecular weight excluding hydrogens is 246 g/mol. The van der Waals surface area contributed by atoms with Gasteiger partial charge in [-0.25, -0.2) is 0 Å². The SMILES string of the molecule is CC(C)Cc1ccc(CNCCc2ccnn2C)cc1. The first-order valence-electron chi connectivity index (χ1n) is 7.40. The van der Waals surface area contributed by atoms with Crippen molar-refractivity contribution in [1.29, 1.82) is 0 Å². The van der Waals surface area contributed by atoms with E-state index >= 15 is 0 Å². The summed E-state index contributed by atoms with van der Waals surface area (Å²) in [6.07, 6.45) is 4.03. The summed E-state index contributed by atoms with van der Waals surface area (Å²) in [4.78, 5) is 0. The first-order chi connectivity index (χ1) is 9.65. The van der Waals surface area contributed by atoms with Crippen LogP contribution in [-0.2, 0) is 26.4 Å². The van der Waals surface area contributed by atoms with Crippen LogP contribution in [0.1, 0.15) is 30.7 Å². The molecule has 0 aliphatic rings. The van der Waals surface area contributed by atoms with Gasteiger partial charge in [-0.1, -0.05) is 38.1 Å². The molecule has 2 rings (SSSR count). The summed E-state index contributed by atoms with van der Waals surface area (Å²) in [7, 11) is 1.99. The molecule has 2 aromatic rings. The maximum absolute atomic E-state index is 4.18. The van der Waals surface area contributed by atoms with E-state index in [9.17, 15) is 0 Å². The van der Waals surface area contributed by atoms with E-state index < -0.39 is 0 Å². The first kappa shape index (κ1) is 14.8. The van der Waals surface area contributed by atoms with Gasteiger partial charge in [0.1, 0.15) is 0 Å². The van der Waals surface area contributed by atoms with Crippen LogP contribution in [0.5, 0.6) is 0 Å². The predicted molar refractivity (Wildman–Crippen MR) is 83.6 cm³/mol. The van der Waals surface area contributed by atoms with Crippen LogP contribution in [0, 0.1) is 5.92 Å². The third-order valence-corrected chi connectivity index (χ3v) is 3.48. The lowest BCUT2D eigenvalue weighted by atomic mass is 10.0. The molecule has 0 aliphatic carbocycles. The Balaban J connectivity index is 1.73. The molecule has 20 heavy (non-hydrogen) atoms. The van der Waals surface area contributed by atoms with Gasteiger partial charge in [-0.2, -0.15) is 5.10 Å². The highest BCUT2D eigenvalue weighted by Gasteiger charge is 2.00. The molecule has 0 amide bonds. The number of rotatable bonds is 7. The summed E-state index contributed by atoms with van der Waals surface area (Å²) in [5, 5.41) is 7.66. The van der Waals surface area contributed by atoms with Crippen LogP contribution >= 0.6 is 0 Å². The van der Waals surface area contributed by atoms with Gasteiger partial charge in [-0.3, -0.25) is 4.68 Å². The average Bonchev–Trinajstić information content (AvgIpc) is 2.82. The van der Waals surface area contributed by atoms with Gasteiger partial charge >= 0.3 is 0 Å². The van der Waals surface area contributed by atoms with Crippen molar-refractivity contribution >= 4 is 0 Å². The van der Waals surface area contributed by atoms with Gasteiger partial charge in [0.2, 0.25) is 0 Å². The number of nitrogens with one attached hydrogen (secondary N) is 1. The van der Waals surface area contributed by atoms with Gasteiger partial charge in [-0.05, 0) is 29.5 Å². The molecule has 3 nitrogen and oxygen atoms in total. The second kappa shape index (κ2) is 7.25. The van der Waals surface area contributed by atoms with Crippen LogP contribution in [0.4, 0.5) is 0 Å². The second-order valence-electron chi connectivity index (χ2n) is 5.79. The fraction of sp³-hybridized carbons (Fsp3) is 0.471. The van der Waals surface area contributed by atoms with Crippen molar-refractivity contribution in [2.24, 2.45) is 13.0 Å². The van der Waals surface area contributed by atoms with Gasteiger partial charge in [-0.15, -0.1) is 0 Å². The van der Waals surface area contributed by atoms with Crippen molar-refractivity contribution in [2.45, 2.75) is 33.2 Å². The molecule has 0 atom stereocenters. The standard InChI is InChI=1S/C17H25N3/c1-14(2)12-15-4-6-16(7-5-15)13-18-10-8-17-9-11-19-20(17)3/h4-7,9,11,14,18H,8,10,12-13H2,1-3H3. The van der Waals surface area contributed by atoms with E-state index in [-0.39, 0.29) is 0 Å². The fourth-order valence-corrected chi connectivity index (χ4v) is 2.36. The molecule has 0 fully saturated rings. The Morgan fingerprint density at radius 2 is 1.80 bits per heavy atom. The van der Waals surface area contributed by atoms with Crippen LogP contribution < -0.4 is 5.32 Å². The molecule has 1 N–H and O–H groups in total. The topological polar surface area (TPSA) is 29.9 Å². The number of aryl methyl sites for hydroxylation is 1. The molecule has 0 saturated carbocycles. The van der Waals surface area contributed by atoms with E-state index in [0.717, 1.165) is 31.8 Å². The van der Waals surface area contributed by atoms with Crippen LogP contribution in [0.2, 0.25) is 0 Å². The van der Waals surface area contributed by atoms with Crippen molar-refractivity contribution in [3.05, 3.63) is 53.3 Å². The molecule has 1 aromatic heterocycles. The van der Waals surface area contributed by atoms with E-state index in [1.54, 1.807) is 0 Å². The molecule has 0 aliphatic heterocycles. The van der Waals surface area contributed by atoms with Gasteiger partial charge in [0.15, 0.2) is 0 Å². The second-order valence-corrected chi connectivity index (χ2v) is 5.79. The highest BCUT2D eigenvalue weighted by molar-refractivity contribution is 5.22. The minimum absolute atomic E-state index is 0.720. The van der Waals surface area contributed by atoms with Crippen LogP contribution in [0.25, 0.3) is 0 Å². The maximum Gasteiger partial charge on any atom is 0.0492 e. The lowest BCUT2D eigenvalue weighted by molar-refractivity contribution is 0.640. The third kappa shape index (κ3) is 4.49. The van der Waals surface area contributed by atoms with E-state index in [1.165, 1.54) is 16.8 Å². The van der Waals surface area contributed by atoms with Crippen LogP contribution in [0.3, 0.4) is 0 Å². The highest BCUT2D eigenvalue weighted by Crippen LogP contribution is 2.09. The van der Waals surface area contributed by atoms with E-state index in [0.29, 0.717) is 0 Å². The Morgan fingerprint density at radius 1 is 1.10 bits per heavy atom. The number of benzene rings is 1. The summed E-state index contributed by atoms with van der Waals surface area (Å²) in [5.74, 6) is 0.720. The molecule has 1 heterocycles. The van der Waals surface area contributed by atoms with Gasteiger partial charge in [0.25, 0.3) is 0 Å². The zero-order valence-corrected chi connectivity index (χ0v) is 12.8. The lowest BCUT2D eigenvalue weighted by Crippen LogP contribution is -2.17. The van der Waals surface area contributed by atoms with E-state index in [2.05, 4.69) is 54.6 Å². The molecule has 0 saturated heterocycles. The summed E-state index contributed by atoms with van der Waals surface area (Å²) < 4.78 is 1.93. The maximum atomic E-state index is 4.18. The molecule has 3 heteroatoms. The Kier molecular flexibility index (Phi) is 5.36. The normalized spacial score (nSPS) is 11.2. The van der Waals surface area contributed by atoms with Gasteiger partial charge in [0, 0.05) is 38.4 Å². The molecule has 0 bridgehead atoms. The van der Waals surface area contributed by atoms with Crippen molar-refractivity contribution < 1.29 is 0 Å². The Hall–Kier alpha value is -1.61. The minimum atomic E-state index is 0.720. The zero-order valence-electron chi connectivity index (χ0n) is 12.8. The molecule has 108 valence electrons. The lowest BCUT2D eigenvalue weighted by Gasteiger charge is -2.08. The minimum Gasteiger partial charge on any atom is -0.312 e. The summed E-state index contributed by atoms with van der Waals surface area (Å²) in [6, 6.07) is 11.0. The third-order valence-electron chi connectivity index (χ3n) is 3.48. The Bertz CT molecular complexity index is 511. The largest absolute Gasteiger partial charge is 0.312 e. The van der Waals surface area contributed by atoms with Gasteiger partial charge in [0.05, 0.1) is 0 Å². The Labute approximate surface area is 122 Å².